The van der Waals surface area contributed by atoms with Crippen LogP contribution in [0.15, 0.2) is 18.3 Å². The summed E-state index contributed by atoms with van der Waals surface area (Å²) in [5.74, 6) is 0. The first-order valence-corrected chi connectivity index (χ1v) is 6.08. The van der Waals surface area contributed by atoms with Crippen LogP contribution in [0.4, 0.5) is 0 Å². The molecule has 0 bridgehead atoms. The van der Waals surface area contributed by atoms with E-state index in [9.17, 15) is 0 Å². The quantitative estimate of drug-likeness (QED) is 0.738. The fraction of sp³-hybridized carbons (Fsp3) is 0.692. The van der Waals surface area contributed by atoms with Gasteiger partial charge in [-0.2, -0.15) is 0 Å². The van der Waals surface area contributed by atoms with Crippen LogP contribution in [0.2, 0.25) is 0 Å². The predicted molar refractivity (Wildman–Crippen MR) is 63.9 cm³/mol. The van der Waals surface area contributed by atoms with Gasteiger partial charge in [-0.25, -0.2) is 0 Å². The maximum atomic E-state index is 2.50. The van der Waals surface area contributed by atoms with E-state index in [0.29, 0.717) is 0 Å². The second-order valence-corrected chi connectivity index (χ2v) is 4.94. The Morgan fingerprint density at radius 2 is 2.00 bits per heavy atom. The van der Waals surface area contributed by atoms with Crippen LogP contribution in [-0.2, 0) is 6.54 Å². The average molecular weight is 206 g/mol. The summed E-state index contributed by atoms with van der Waals surface area (Å²) in [6, 6.07) is 5.21. The lowest BCUT2D eigenvalue weighted by atomic mass is 9.95. The molecule has 0 aromatic carbocycles. The molecule has 0 spiro atoms. The summed E-state index contributed by atoms with van der Waals surface area (Å²) in [6.45, 7) is 1.06. The van der Waals surface area contributed by atoms with Crippen LogP contribution in [0.25, 0.3) is 0 Å². The molecule has 84 valence electrons. The first-order chi connectivity index (χ1) is 7.27. The zero-order valence-electron chi connectivity index (χ0n) is 9.95. The third-order valence-electron chi connectivity index (χ3n) is 3.31. The molecule has 1 saturated carbocycles. The highest BCUT2D eigenvalue weighted by Crippen LogP contribution is 2.29. The SMILES string of the molecule is CN(C)Cc1cccn1C1CCCCC1. The molecule has 0 N–H and O–H groups in total. The maximum absolute atomic E-state index is 2.50. The molecule has 1 aromatic rings. The van der Waals surface area contributed by atoms with Crippen molar-refractivity contribution in [2.45, 2.75) is 44.7 Å². The Labute approximate surface area is 92.9 Å². The molecule has 2 heteroatoms. The number of nitrogens with zero attached hydrogens (tertiary/aromatic N) is 2. The molecule has 2 rings (SSSR count). The van der Waals surface area contributed by atoms with Crippen LogP contribution in [-0.4, -0.2) is 23.6 Å². The van der Waals surface area contributed by atoms with E-state index in [0.717, 1.165) is 12.6 Å². The van der Waals surface area contributed by atoms with Gasteiger partial charge in [-0.3, -0.25) is 0 Å². The minimum Gasteiger partial charge on any atom is -0.347 e. The standard InChI is InChI=1S/C13H22N2/c1-14(2)11-13-9-6-10-15(13)12-7-4-3-5-8-12/h6,9-10,12H,3-5,7-8,11H2,1-2H3. The van der Waals surface area contributed by atoms with E-state index in [1.807, 2.05) is 0 Å². The van der Waals surface area contributed by atoms with E-state index in [4.69, 9.17) is 0 Å². The lowest BCUT2D eigenvalue weighted by Crippen LogP contribution is -2.18. The first-order valence-electron chi connectivity index (χ1n) is 6.08. The minimum absolute atomic E-state index is 0.767. The fourth-order valence-corrected chi connectivity index (χ4v) is 2.60. The minimum atomic E-state index is 0.767. The van der Waals surface area contributed by atoms with Crippen molar-refractivity contribution in [3.8, 4) is 0 Å². The van der Waals surface area contributed by atoms with Crippen LogP contribution < -0.4 is 0 Å². The van der Waals surface area contributed by atoms with E-state index < -0.39 is 0 Å². The van der Waals surface area contributed by atoms with Crippen molar-refractivity contribution >= 4 is 0 Å². The third-order valence-corrected chi connectivity index (χ3v) is 3.31. The van der Waals surface area contributed by atoms with Crippen molar-refractivity contribution < 1.29 is 0 Å². The smallest absolute Gasteiger partial charge is 0.0381 e. The topological polar surface area (TPSA) is 8.17 Å². The Morgan fingerprint density at radius 3 is 2.67 bits per heavy atom. The van der Waals surface area contributed by atoms with Gasteiger partial charge in [-0.1, -0.05) is 19.3 Å². The Kier molecular flexibility index (Phi) is 3.47. The van der Waals surface area contributed by atoms with Crippen molar-refractivity contribution in [3.63, 3.8) is 0 Å². The van der Waals surface area contributed by atoms with Gasteiger partial charge in [0.1, 0.15) is 0 Å². The first kappa shape index (κ1) is 10.7. The van der Waals surface area contributed by atoms with E-state index >= 15 is 0 Å². The van der Waals surface area contributed by atoms with Crippen LogP contribution in [0, 0.1) is 0 Å². The average Bonchev–Trinajstić information content (AvgIpc) is 2.66. The molecule has 2 nitrogen and oxygen atoms in total. The normalized spacial score (nSPS) is 18.6. The number of rotatable bonds is 3. The van der Waals surface area contributed by atoms with Crippen LogP contribution in [0.5, 0.6) is 0 Å². The molecular formula is C13H22N2. The van der Waals surface area contributed by atoms with E-state index in [1.165, 1.54) is 37.8 Å². The van der Waals surface area contributed by atoms with E-state index in [1.54, 1.807) is 0 Å². The molecular weight excluding hydrogens is 184 g/mol. The van der Waals surface area contributed by atoms with Gasteiger partial charge < -0.3 is 9.47 Å². The largest absolute Gasteiger partial charge is 0.347 e. The molecule has 0 unspecified atom stereocenters. The fourth-order valence-electron chi connectivity index (χ4n) is 2.60. The molecule has 15 heavy (non-hydrogen) atoms. The monoisotopic (exact) mass is 206 g/mol. The molecule has 0 radical (unpaired) electrons. The number of aromatic nitrogens is 1. The van der Waals surface area contributed by atoms with Crippen molar-refractivity contribution in [1.82, 2.24) is 9.47 Å². The summed E-state index contributed by atoms with van der Waals surface area (Å²) in [4.78, 5) is 2.24. The van der Waals surface area contributed by atoms with E-state index in [-0.39, 0.29) is 0 Å². The summed E-state index contributed by atoms with van der Waals surface area (Å²) in [7, 11) is 4.27. The second-order valence-electron chi connectivity index (χ2n) is 4.94. The molecule has 0 aliphatic heterocycles. The maximum Gasteiger partial charge on any atom is 0.0381 e. The summed E-state index contributed by atoms with van der Waals surface area (Å²) in [5.41, 5.74) is 1.46. The Bertz CT molecular complexity index is 295. The zero-order chi connectivity index (χ0) is 10.7. The molecule has 1 aromatic heterocycles. The molecule has 0 amide bonds. The molecule has 0 saturated heterocycles. The highest BCUT2D eigenvalue weighted by molar-refractivity contribution is 5.08. The van der Waals surface area contributed by atoms with Gasteiger partial charge >= 0.3 is 0 Å². The van der Waals surface area contributed by atoms with E-state index in [2.05, 4.69) is 41.9 Å². The molecule has 1 aliphatic rings. The predicted octanol–water partition coefficient (Wildman–Crippen LogP) is 3.05. The highest BCUT2D eigenvalue weighted by atomic mass is 15.1. The van der Waals surface area contributed by atoms with Gasteiger partial charge in [-0.15, -0.1) is 0 Å². The summed E-state index contributed by atoms with van der Waals surface area (Å²) in [5, 5.41) is 0. The lowest BCUT2D eigenvalue weighted by molar-refractivity contribution is 0.326. The van der Waals surface area contributed by atoms with Crippen molar-refractivity contribution in [2.75, 3.05) is 14.1 Å². The van der Waals surface area contributed by atoms with Crippen molar-refractivity contribution in [1.29, 1.82) is 0 Å². The highest BCUT2D eigenvalue weighted by Gasteiger charge is 2.16. The number of hydrogen-bond acceptors (Lipinski definition) is 1. The molecule has 0 atom stereocenters. The van der Waals surface area contributed by atoms with Gasteiger partial charge in [0.15, 0.2) is 0 Å². The van der Waals surface area contributed by atoms with Gasteiger partial charge in [-0.05, 0) is 39.1 Å². The Hall–Kier alpha value is -0.760. The van der Waals surface area contributed by atoms with Gasteiger partial charge in [0.05, 0.1) is 0 Å². The molecule has 1 aliphatic carbocycles. The van der Waals surface area contributed by atoms with Gasteiger partial charge in [0.25, 0.3) is 0 Å². The zero-order valence-corrected chi connectivity index (χ0v) is 9.95. The molecule has 1 heterocycles. The summed E-state index contributed by atoms with van der Waals surface area (Å²) in [6.07, 6.45) is 9.24. The van der Waals surface area contributed by atoms with Crippen LogP contribution >= 0.6 is 0 Å². The summed E-state index contributed by atoms with van der Waals surface area (Å²) < 4.78 is 2.50. The number of hydrogen-bond donors (Lipinski definition) is 0. The van der Waals surface area contributed by atoms with Crippen molar-refractivity contribution in [3.05, 3.63) is 24.0 Å². The van der Waals surface area contributed by atoms with Gasteiger partial charge in [0, 0.05) is 24.5 Å². The van der Waals surface area contributed by atoms with Crippen molar-refractivity contribution in [2.24, 2.45) is 0 Å². The van der Waals surface area contributed by atoms with Gasteiger partial charge in [0.2, 0.25) is 0 Å². The second kappa shape index (κ2) is 4.84. The lowest BCUT2D eigenvalue weighted by Gasteiger charge is -2.26. The van der Waals surface area contributed by atoms with Crippen LogP contribution in [0.1, 0.15) is 43.8 Å². The summed E-state index contributed by atoms with van der Waals surface area (Å²) >= 11 is 0. The van der Waals surface area contributed by atoms with Crippen LogP contribution in [0.3, 0.4) is 0 Å². The third kappa shape index (κ3) is 2.63. The Balaban J connectivity index is 2.09. The Morgan fingerprint density at radius 1 is 1.27 bits per heavy atom. The molecule has 1 fully saturated rings.